The highest BCUT2D eigenvalue weighted by Crippen LogP contribution is 2.42. The van der Waals surface area contributed by atoms with Crippen molar-refractivity contribution in [3.05, 3.63) is 0 Å². The fourth-order valence-electron chi connectivity index (χ4n) is 1.45. The molecule has 0 spiro atoms. The zero-order valence-corrected chi connectivity index (χ0v) is 13.3. The highest BCUT2D eigenvalue weighted by molar-refractivity contribution is 6.67. The molecular weight excluding hydrogens is 306 g/mol. The zero-order chi connectivity index (χ0) is 13.7. The van der Waals surface area contributed by atoms with Gasteiger partial charge in [0.25, 0.3) is 0 Å². The molecule has 102 valence electrons. The first-order valence-corrected chi connectivity index (χ1v) is 7.08. The lowest BCUT2D eigenvalue weighted by Gasteiger charge is -2.33. The van der Waals surface area contributed by atoms with Gasteiger partial charge in [0, 0.05) is 11.8 Å². The van der Waals surface area contributed by atoms with Gasteiger partial charge in [-0.3, -0.25) is 4.79 Å². The van der Waals surface area contributed by atoms with E-state index in [0.29, 0.717) is 13.0 Å². The Balaban J connectivity index is 4.59. The molecule has 0 saturated heterocycles. The summed E-state index contributed by atoms with van der Waals surface area (Å²) < 4.78 is 3.52. The van der Waals surface area contributed by atoms with Gasteiger partial charge in [0.1, 0.15) is 0 Å². The van der Waals surface area contributed by atoms with E-state index in [-0.39, 0.29) is 18.8 Å². The van der Waals surface area contributed by atoms with E-state index in [2.05, 4.69) is 0 Å². The Hall–Kier alpha value is 0.630. The number of hydrogen-bond acceptors (Lipinski definition) is 2. The van der Waals surface area contributed by atoms with Crippen LogP contribution in [0.1, 0.15) is 40.0 Å². The molecule has 0 aliphatic heterocycles. The van der Waals surface area contributed by atoms with Gasteiger partial charge in [-0.2, -0.15) is 0 Å². The fraction of sp³-hybridized carbons (Fsp3) is 0.909. The molecule has 17 heavy (non-hydrogen) atoms. The Bertz CT molecular complexity index is 252. The predicted molar refractivity (Wildman–Crippen MR) is 74.2 cm³/mol. The highest BCUT2D eigenvalue weighted by Gasteiger charge is 2.38. The Morgan fingerprint density at radius 3 is 2.18 bits per heavy atom. The van der Waals surface area contributed by atoms with Gasteiger partial charge in [0.05, 0.1) is 13.0 Å². The van der Waals surface area contributed by atoms with Crippen LogP contribution < -0.4 is 0 Å². The van der Waals surface area contributed by atoms with E-state index in [1.54, 1.807) is 6.92 Å². The number of rotatable bonds is 6. The van der Waals surface area contributed by atoms with E-state index < -0.39 is 14.6 Å². The van der Waals surface area contributed by atoms with E-state index in [9.17, 15) is 4.79 Å². The van der Waals surface area contributed by atoms with Gasteiger partial charge in [0.15, 0.2) is 3.79 Å². The van der Waals surface area contributed by atoms with E-state index in [1.807, 2.05) is 13.8 Å². The van der Waals surface area contributed by atoms with Gasteiger partial charge in [-0.1, -0.05) is 48.7 Å². The summed E-state index contributed by atoms with van der Waals surface area (Å²) in [5.41, 5.74) is -0.433. The minimum Gasteiger partial charge on any atom is -0.466 e. The van der Waals surface area contributed by atoms with Crippen LogP contribution >= 0.6 is 46.4 Å². The fourth-order valence-corrected chi connectivity index (χ4v) is 2.61. The summed E-state index contributed by atoms with van der Waals surface area (Å²) in [6.45, 7) is 5.97. The van der Waals surface area contributed by atoms with Crippen molar-refractivity contribution in [2.75, 3.05) is 6.61 Å². The lowest BCUT2D eigenvalue weighted by atomic mass is 9.79. The van der Waals surface area contributed by atoms with Crippen LogP contribution in [-0.4, -0.2) is 21.7 Å². The third-order valence-corrected chi connectivity index (χ3v) is 3.97. The van der Waals surface area contributed by atoms with E-state index in [4.69, 9.17) is 51.1 Å². The van der Waals surface area contributed by atoms with Gasteiger partial charge in [-0.05, 0) is 18.8 Å². The molecule has 6 heteroatoms. The van der Waals surface area contributed by atoms with Crippen LogP contribution in [0, 0.1) is 5.41 Å². The molecule has 0 aromatic rings. The second-order valence-corrected chi connectivity index (χ2v) is 7.32. The maximum atomic E-state index is 11.5. The molecule has 2 unspecified atom stereocenters. The first kappa shape index (κ1) is 17.6. The topological polar surface area (TPSA) is 26.3 Å². The van der Waals surface area contributed by atoms with Crippen molar-refractivity contribution in [2.24, 2.45) is 5.41 Å². The summed E-state index contributed by atoms with van der Waals surface area (Å²) in [6, 6.07) is 0. The Morgan fingerprint density at radius 1 is 1.29 bits per heavy atom. The van der Waals surface area contributed by atoms with Crippen LogP contribution in [0.5, 0.6) is 0 Å². The van der Waals surface area contributed by atoms with Gasteiger partial charge < -0.3 is 4.74 Å². The second-order valence-electron chi connectivity index (χ2n) is 4.28. The Kier molecular flexibility index (Phi) is 7.55. The zero-order valence-electron chi connectivity index (χ0n) is 10.2. The molecule has 0 fully saturated rings. The summed E-state index contributed by atoms with van der Waals surface area (Å²) >= 11 is 23.4. The van der Waals surface area contributed by atoms with Crippen molar-refractivity contribution in [1.29, 1.82) is 0 Å². The summed E-state index contributed by atoms with van der Waals surface area (Å²) in [6.07, 6.45) is 1.13. The molecule has 0 amide bonds. The number of ether oxygens (including phenoxy) is 1. The molecule has 0 rings (SSSR count). The highest BCUT2D eigenvalue weighted by atomic mass is 35.6. The maximum Gasteiger partial charge on any atom is 0.306 e. The number of alkyl halides is 4. The van der Waals surface area contributed by atoms with Crippen molar-refractivity contribution < 1.29 is 9.53 Å². The molecule has 0 N–H and O–H groups in total. The largest absolute Gasteiger partial charge is 0.466 e. The van der Waals surface area contributed by atoms with Crippen LogP contribution in [0.4, 0.5) is 0 Å². The second kappa shape index (κ2) is 7.28. The molecule has 2 nitrogen and oxygen atoms in total. The first-order chi connectivity index (χ1) is 7.64. The van der Waals surface area contributed by atoms with Gasteiger partial charge in [-0.25, -0.2) is 0 Å². The molecular formula is C11H18Cl4O2. The molecule has 0 bridgehead atoms. The lowest BCUT2D eigenvalue weighted by molar-refractivity contribution is -0.145. The molecule has 0 saturated carbocycles. The first-order valence-electron chi connectivity index (χ1n) is 5.51. The van der Waals surface area contributed by atoms with Gasteiger partial charge >= 0.3 is 5.97 Å². The van der Waals surface area contributed by atoms with Crippen molar-refractivity contribution in [1.82, 2.24) is 0 Å². The molecule has 0 aromatic carbocycles. The number of carbonyl (C=O) groups excluding carboxylic acids is 1. The van der Waals surface area contributed by atoms with E-state index >= 15 is 0 Å². The quantitative estimate of drug-likeness (QED) is 0.522. The van der Waals surface area contributed by atoms with Crippen molar-refractivity contribution >= 4 is 52.4 Å². The average molecular weight is 324 g/mol. The number of hydrogen-bond donors (Lipinski definition) is 0. The third-order valence-electron chi connectivity index (χ3n) is 2.83. The SMILES string of the molecule is CCOC(=O)CC(C)(CC)C(Cl)CC(Cl)(Cl)Cl. The maximum absolute atomic E-state index is 11.5. The third kappa shape index (κ3) is 6.95. The molecule has 2 atom stereocenters. The van der Waals surface area contributed by atoms with Crippen molar-refractivity contribution in [3.63, 3.8) is 0 Å². The van der Waals surface area contributed by atoms with Crippen LogP contribution in [0.15, 0.2) is 0 Å². The van der Waals surface area contributed by atoms with Crippen LogP contribution in [0.3, 0.4) is 0 Å². The molecule has 0 radical (unpaired) electrons. The summed E-state index contributed by atoms with van der Waals surface area (Å²) in [4.78, 5) is 11.5. The van der Waals surface area contributed by atoms with Gasteiger partial charge in [-0.15, -0.1) is 11.6 Å². The smallest absolute Gasteiger partial charge is 0.306 e. The minimum absolute atomic E-state index is 0.197. The summed E-state index contributed by atoms with van der Waals surface area (Å²) in [5.74, 6) is -0.271. The number of esters is 1. The van der Waals surface area contributed by atoms with Crippen LogP contribution in [0.2, 0.25) is 0 Å². The summed E-state index contributed by atoms with van der Waals surface area (Å²) in [5, 5.41) is -0.399. The summed E-state index contributed by atoms with van der Waals surface area (Å²) in [7, 11) is 0. The number of halogens is 4. The van der Waals surface area contributed by atoms with E-state index in [1.165, 1.54) is 0 Å². The molecule has 0 heterocycles. The molecule has 0 aliphatic carbocycles. The average Bonchev–Trinajstić information content (AvgIpc) is 2.15. The van der Waals surface area contributed by atoms with E-state index in [0.717, 1.165) is 0 Å². The predicted octanol–water partition coefficient (Wildman–Crippen LogP) is 4.72. The Labute approximate surface area is 123 Å². The monoisotopic (exact) mass is 322 g/mol. The van der Waals surface area contributed by atoms with Crippen molar-refractivity contribution in [3.8, 4) is 0 Å². The minimum atomic E-state index is -1.41. The standard InChI is InChI=1S/C11H18Cl4O2/c1-4-10(3,7-9(16)17-5-2)8(12)6-11(13,14)15/h8H,4-7H2,1-3H3. The number of carbonyl (C=O) groups is 1. The Morgan fingerprint density at radius 2 is 1.82 bits per heavy atom. The van der Waals surface area contributed by atoms with Gasteiger partial charge in [0.2, 0.25) is 0 Å². The van der Waals surface area contributed by atoms with Crippen molar-refractivity contribution in [2.45, 2.75) is 49.2 Å². The molecule has 0 aromatic heterocycles. The van der Waals surface area contributed by atoms with Crippen LogP contribution in [0.25, 0.3) is 0 Å². The molecule has 0 aliphatic rings. The normalized spacial score (nSPS) is 17.4. The van der Waals surface area contributed by atoms with Crippen LogP contribution in [-0.2, 0) is 9.53 Å². The lowest BCUT2D eigenvalue weighted by Crippen LogP contribution is -2.33.